The minimum absolute atomic E-state index is 0. The van der Waals surface area contributed by atoms with Crippen molar-refractivity contribution in [2.75, 3.05) is 18.0 Å². The lowest BCUT2D eigenvalue weighted by Gasteiger charge is -2.34. The summed E-state index contributed by atoms with van der Waals surface area (Å²) in [6, 6.07) is 7.17. The van der Waals surface area contributed by atoms with Gasteiger partial charge in [0.05, 0.1) is 22.2 Å². The van der Waals surface area contributed by atoms with Crippen LogP contribution in [0.1, 0.15) is 27.2 Å². The van der Waals surface area contributed by atoms with Crippen LogP contribution in [-0.4, -0.2) is 30.4 Å². The molecular weight excluding hydrogens is 349 g/mol. The summed E-state index contributed by atoms with van der Waals surface area (Å²) < 4.78 is 0. The zero-order chi connectivity index (χ0) is 17.2. The van der Waals surface area contributed by atoms with Crippen LogP contribution in [0.5, 0.6) is 0 Å². The number of hydrogen-bond donors (Lipinski definition) is 2. The van der Waals surface area contributed by atoms with Crippen LogP contribution in [0.2, 0.25) is 5.02 Å². The predicted octanol–water partition coefficient (Wildman–Crippen LogP) is 2.60. The number of hydrogen-bond acceptors (Lipinski definition) is 3. The van der Waals surface area contributed by atoms with Crippen molar-refractivity contribution in [2.45, 2.75) is 32.7 Å². The molecule has 3 N–H and O–H groups in total. The van der Waals surface area contributed by atoms with Crippen molar-refractivity contribution in [2.24, 2.45) is 17.6 Å². The fraction of sp³-hybridized carbons (Fsp3) is 0.529. The Balaban J connectivity index is 0.00000288. The van der Waals surface area contributed by atoms with E-state index in [4.69, 9.17) is 17.3 Å². The van der Waals surface area contributed by atoms with Gasteiger partial charge in [0.25, 0.3) is 0 Å². The number of nitrogens with zero attached hydrogens (tertiary/aromatic N) is 1. The highest BCUT2D eigenvalue weighted by molar-refractivity contribution is 6.33. The molecule has 0 radical (unpaired) electrons. The summed E-state index contributed by atoms with van der Waals surface area (Å²) in [4.78, 5) is 26.4. The van der Waals surface area contributed by atoms with Crippen LogP contribution in [0.4, 0.5) is 5.69 Å². The van der Waals surface area contributed by atoms with Gasteiger partial charge in [0.1, 0.15) is 0 Å². The van der Waals surface area contributed by atoms with E-state index in [9.17, 15) is 9.59 Å². The topological polar surface area (TPSA) is 75.4 Å². The molecule has 1 saturated heterocycles. The molecule has 2 amide bonds. The molecular formula is C17H25Cl2N3O2. The highest BCUT2D eigenvalue weighted by Crippen LogP contribution is 2.31. The Kier molecular flexibility index (Phi) is 7.08. The number of carbonyl (C=O) groups is 2. The molecule has 2 atom stereocenters. The molecule has 24 heavy (non-hydrogen) atoms. The van der Waals surface area contributed by atoms with E-state index < -0.39 is 5.54 Å². The number of nitrogens with two attached hydrogens (primary N) is 1. The number of rotatable bonds is 5. The van der Waals surface area contributed by atoms with Gasteiger partial charge >= 0.3 is 0 Å². The zero-order valence-corrected chi connectivity index (χ0v) is 15.8. The van der Waals surface area contributed by atoms with Crippen molar-refractivity contribution in [3.8, 4) is 0 Å². The fourth-order valence-electron chi connectivity index (χ4n) is 2.60. The highest BCUT2D eigenvalue weighted by Gasteiger charge is 2.38. The minimum Gasteiger partial charge on any atom is -0.349 e. The normalized spacial score (nSPS) is 19.8. The molecule has 1 aromatic carbocycles. The molecule has 7 heteroatoms. The van der Waals surface area contributed by atoms with Crippen LogP contribution in [0.3, 0.4) is 0 Å². The SMILES string of the molecule is CC(C)C(C)(CN)NC(=O)C1CC(=O)N(c2ccccc2Cl)C1.Cl. The average Bonchev–Trinajstić information content (AvgIpc) is 2.89. The van der Waals surface area contributed by atoms with Crippen LogP contribution in [0.25, 0.3) is 0 Å². The second kappa shape index (κ2) is 8.19. The highest BCUT2D eigenvalue weighted by atomic mass is 35.5. The lowest BCUT2D eigenvalue weighted by Crippen LogP contribution is -2.56. The third kappa shape index (κ3) is 4.21. The van der Waals surface area contributed by atoms with Crippen molar-refractivity contribution in [3.63, 3.8) is 0 Å². The van der Waals surface area contributed by atoms with Gasteiger partial charge in [-0.1, -0.05) is 37.6 Å². The first-order valence-electron chi connectivity index (χ1n) is 7.85. The summed E-state index contributed by atoms with van der Waals surface area (Å²) in [5.74, 6) is -0.400. The predicted molar refractivity (Wildman–Crippen MR) is 99.6 cm³/mol. The number of benzene rings is 1. The van der Waals surface area contributed by atoms with Gasteiger partial charge in [-0.2, -0.15) is 0 Å². The lowest BCUT2D eigenvalue weighted by molar-refractivity contribution is -0.128. The van der Waals surface area contributed by atoms with Crippen LogP contribution in [-0.2, 0) is 9.59 Å². The van der Waals surface area contributed by atoms with E-state index >= 15 is 0 Å². The third-order valence-electron chi connectivity index (χ3n) is 4.75. The molecule has 0 aromatic heterocycles. The summed E-state index contributed by atoms with van der Waals surface area (Å²) in [7, 11) is 0. The molecule has 1 aliphatic heterocycles. The summed E-state index contributed by atoms with van der Waals surface area (Å²) in [6.07, 6.45) is 0.190. The standard InChI is InChI=1S/C17H24ClN3O2.ClH/c1-11(2)17(3,10-19)20-16(23)12-8-15(22)21(9-12)14-7-5-4-6-13(14)18;/h4-7,11-12H,8-10,19H2,1-3H3,(H,20,23);1H. The number of anilines is 1. The van der Waals surface area contributed by atoms with Crippen molar-refractivity contribution < 1.29 is 9.59 Å². The van der Waals surface area contributed by atoms with Crippen molar-refractivity contribution >= 4 is 41.5 Å². The maximum absolute atomic E-state index is 12.6. The van der Waals surface area contributed by atoms with E-state index in [0.717, 1.165) is 0 Å². The van der Waals surface area contributed by atoms with E-state index in [1.54, 1.807) is 17.0 Å². The first kappa shape index (κ1) is 20.7. The van der Waals surface area contributed by atoms with Crippen LogP contribution < -0.4 is 16.0 Å². The first-order chi connectivity index (χ1) is 10.8. The molecule has 0 aliphatic carbocycles. The Labute approximate surface area is 154 Å². The van der Waals surface area contributed by atoms with E-state index in [1.807, 2.05) is 32.9 Å². The first-order valence-corrected chi connectivity index (χ1v) is 8.23. The summed E-state index contributed by atoms with van der Waals surface area (Å²) in [5.41, 5.74) is 5.99. The molecule has 0 bridgehead atoms. The molecule has 134 valence electrons. The zero-order valence-electron chi connectivity index (χ0n) is 14.2. The van der Waals surface area contributed by atoms with E-state index in [2.05, 4.69) is 5.32 Å². The third-order valence-corrected chi connectivity index (χ3v) is 5.07. The second-order valence-corrected chi connectivity index (χ2v) is 7.03. The Morgan fingerprint density at radius 2 is 2.08 bits per heavy atom. The molecule has 1 heterocycles. The van der Waals surface area contributed by atoms with Gasteiger partial charge in [0.15, 0.2) is 0 Å². The number of halogens is 2. The molecule has 5 nitrogen and oxygen atoms in total. The molecule has 0 spiro atoms. The molecule has 1 aromatic rings. The quantitative estimate of drug-likeness (QED) is 0.832. The Hall–Kier alpha value is -1.30. The van der Waals surface area contributed by atoms with Crippen molar-refractivity contribution in [3.05, 3.63) is 29.3 Å². The van der Waals surface area contributed by atoms with E-state index in [-0.39, 0.29) is 42.5 Å². The van der Waals surface area contributed by atoms with E-state index in [0.29, 0.717) is 23.8 Å². The van der Waals surface area contributed by atoms with Gasteiger partial charge in [0, 0.05) is 19.5 Å². The van der Waals surface area contributed by atoms with Crippen LogP contribution in [0, 0.1) is 11.8 Å². The van der Waals surface area contributed by atoms with Crippen LogP contribution >= 0.6 is 24.0 Å². The molecule has 2 rings (SSSR count). The van der Waals surface area contributed by atoms with Gasteiger partial charge in [-0.15, -0.1) is 12.4 Å². The van der Waals surface area contributed by atoms with E-state index in [1.165, 1.54) is 0 Å². The molecule has 0 saturated carbocycles. The van der Waals surface area contributed by atoms with Gasteiger partial charge in [-0.25, -0.2) is 0 Å². The number of para-hydroxylation sites is 1. The van der Waals surface area contributed by atoms with Gasteiger partial charge in [-0.05, 0) is 25.0 Å². The van der Waals surface area contributed by atoms with Crippen LogP contribution in [0.15, 0.2) is 24.3 Å². The van der Waals surface area contributed by atoms with Crippen molar-refractivity contribution in [1.29, 1.82) is 0 Å². The molecule has 1 fully saturated rings. The number of nitrogens with one attached hydrogen (secondary N) is 1. The Morgan fingerprint density at radius 3 is 2.62 bits per heavy atom. The summed E-state index contributed by atoms with van der Waals surface area (Å²) in [5, 5.41) is 3.53. The van der Waals surface area contributed by atoms with Gasteiger partial charge < -0.3 is 16.0 Å². The maximum atomic E-state index is 12.6. The second-order valence-electron chi connectivity index (χ2n) is 6.62. The van der Waals surface area contributed by atoms with Gasteiger partial charge in [0.2, 0.25) is 11.8 Å². The fourth-order valence-corrected chi connectivity index (χ4v) is 2.84. The minimum atomic E-state index is -0.474. The Bertz CT molecular complexity index is 609. The van der Waals surface area contributed by atoms with Gasteiger partial charge in [-0.3, -0.25) is 9.59 Å². The Morgan fingerprint density at radius 1 is 1.46 bits per heavy atom. The monoisotopic (exact) mass is 373 g/mol. The summed E-state index contributed by atoms with van der Waals surface area (Å²) in [6.45, 7) is 6.66. The largest absolute Gasteiger partial charge is 0.349 e. The maximum Gasteiger partial charge on any atom is 0.227 e. The van der Waals surface area contributed by atoms with Crippen molar-refractivity contribution in [1.82, 2.24) is 5.32 Å². The molecule has 2 unspecified atom stereocenters. The smallest absolute Gasteiger partial charge is 0.227 e. The lowest BCUT2D eigenvalue weighted by atomic mass is 9.87. The number of carbonyl (C=O) groups excluding carboxylic acids is 2. The number of amides is 2. The average molecular weight is 374 g/mol. The molecule has 1 aliphatic rings. The summed E-state index contributed by atoms with van der Waals surface area (Å²) >= 11 is 6.16.